The van der Waals surface area contributed by atoms with Crippen LogP contribution in [0, 0.1) is 0 Å². The fourth-order valence-corrected chi connectivity index (χ4v) is 1.77. The van der Waals surface area contributed by atoms with Crippen molar-refractivity contribution in [3.8, 4) is 0 Å². The molecule has 0 fully saturated rings. The Balaban J connectivity index is 0.000000292. The third-order valence-corrected chi connectivity index (χ3v) is 2.56. The first-order valence-electron chi connectivity index (χ1n) is 4.65. The first kappa shape index (κ1) is 13.5. The van der Waals surface area contributed by atoms with Gasteiger partial charge in [-0.1, -0.05) is 18.2 Å². The van der Waals surface area contributed by atoms with Crippen molar-refractivity contribution in [2.24, 2.45) is 0 Å². The molecule has 0 bridgehead atoms. The zero-order valence-electron chi connectivity index (χ0n) is 8.36. The zero-order chi connectivity index (χ0) is 10.8. The molecule has 2 nitrogen and oxygen atoms in total. The van der Waals surface area contributed by atoms with Gasteiger partial charge < -0.3 is 5.11 Å². The molecule has 1 rings (SSSR count). The second-order valence-corrected chi connectivity index (χ2v) is 4.20. The van der Waals surface area contributed by atoms with Crippen LogP contribution in [0.25, 0.3) is 0 Å². The maximum Gasteiger partial charge on any atom is 0.335 e. The molecular weight excluding hydrogens is 283 g/mol. The molecule has 0 aliphatic carbocycles. The van der Waals surface area contributed by atoms with Gasteiger partial charge in [0.25, 0.3) is 0 Å². The number of carboxylic acid groups (broad SMARTS) is 1. The minimum absolute atomic E-state index is 0.331. The Morgan fingerprint density at radius 1 is 1.36 bits per heavy atom. The molecule has 75 valence electrons. The summed E-state index contributed by atoms with van der Waals surface area (Å²) in [7, 11) is 0. The molecule has 0 spiro atoms. The fourth-order valence-electron chi connectivity index (χ4n) is 0.758. The molecule has 0 atom stereocenters. The van der Waals surface area contributed by atoms with E-state index in [4.69, 9.17) is 5.11 Å². The van der Waals surface area contributed by atoms with E-state index < -0.39 is 5.97 Å². The van der Waals surface area contributed by atoms with E-state index in [9.17, 15) is 4.79 Å². The van der Waals surface area contributed by atoms with Crippen LogP contribution in [0.5, 0.6) is 0 Å². The van der Waals surface area contributed by atoms with Gasteiger partial charge in [0.2, 0.25) is 0 Å². The van der Waals surface area contributed by atoms with E-state index in [0.29, 0.717) is 5.56 Å². The topological polar surface area (TPSA) is 37.3 Å². The van der Waals surface area contributed by atoms with Crippen molar-refractivity contribution in [2.45, 2.75) is 24.2 Å². The number of benzene rings is 1. The number of rotatable bonds is 3. The van der Waals surface area contributed by atoms with Crippen LogP contribution in [0.4, 0.5) is 0 Å². The maximum atomic E-state index is 10.2. The molecule has 3 heteroatoms. The predicted octanol–water partition coefficient (Wildman–Crippen LogP) is 2.76. The number of hydrogen-bond donors (Lipinski definition) is 1. The van der Waals surface area contributed by atoms with Crippen LogP contribution in [-0.4, -0.2) is 33.6 Å². The van der Waals surface area contributed by atoms with Gasteiger partial charge in [-0.3, -0.25) is 0 Å². The average Bonchev–Trinajstić information content (AvgIpc) is 2.21. The van der Waals surface area contributed by atoms with Crippen molar-refractivity contribution in [2.75, 3.05) is 0 Å². The molecule has 0 aliphatic heterocycles. The summed E-state index contributed by atoms with van der Waals surface area (Å²) in [6.07, 6.45) is 2.80. The quantitative estimate of drug-likeness (QED) is 0.871. The third kappa shape index (κ3) is 6.95. The summed E-state index contributed by atoms with van der Waals surface area (Å²) in [5, 5.41) is 8.38. The van der Waals surface area contributed by atoms with Crippen molar-refractivity contribution in [3.63, 3.8) is 0 Å². The summed E-state index contributed by atoms with van der Waals surface area (Å²) in [5.41, 5.74) is 0.331. The zero-order valence-corrected chi connectivity index (χ0v) is 11.2. The smallest absolute Gasteiger partial charge is 0.335 e. The van der Waals surface area contributed by atoms with Crippen molar-refractivity contribution in [1.82, 2.24) is 0 Å². The van der Waals surface area contributed by atoms with Gasteiger partial charge in [0.05, 0.1) is 5.56 Å². The SMILES string of the molecule is CCC[CH2][Sn].O=C(O)c1ccccc1. The van der Waals surface area contributed by atoms with Crippen molar-refractivity contribution >= 4 is 28.5 Å². The molecule has 0 saturated carbocycles. The fraction of sp³-hybridized carbons (Fsp3) is 0.364. The summed E-state index contributed by atoms with van der Waals surface area (Å²) in [5.74, 6) is -0.879. The third-order valence-electron chi connectivity index (χ3n) is 1.55. The Labute approximate surface area is 98.4 Å². The molecular formula is C11H15O2Sn. The first-order valence-corrected chi connectivity index (χ1v) is 6.67. The molecule has 14 heavy (non-hydrogen) atoms. The molecule has 1 aromatic rings. The number of carboxylic acids is 1. The largest absolute Gasteiger partial charge is 0.478 e. The Bertz CT molecular complexity index is 245. The van der Waals surface area contributed by atoms with Gasteiger partial charge in [-0.25, -0.2) is 4.79 Å². The van der Waals surface area contributed by atoms with Gasteiger partial charge in [0.1, 0.15) is 0 Å². The molecule has 0 unspecified atom stereocenters. The van der Waals surface area contributed by atoms with Gasteiger partial charge in [0, 0.05) is 0 Å². The molecule has 3 radical (unpaired) electrons. The number of unbranched alkanes of at least 4 members (excludes halogenated alkanes) is 1. The Morgan fingerprint density at radius 3 is 2.14 bits per heavy atom. The van der Waals surface area contributed by atoms with Gasteiger partial charge >= 0.3 is 52.7 Å². The van der Waals surface area contributed by atoms with Crippen LogP contribution in [0.15, 0.2) is 30.3 Å². The number of hydrogen-bond acceptors (Lipinski definition) is 1. The van der Waals surface area contributed by atoms with Crippen LogP contribution < -0.4 is 0 Å². The normalized spacial score (nSPS) is 8.71. The monoisotopic (exact) mass is 299 g/mol. The van der Waals surface area contributed by atoms with E-state index >= 15 is 0 Å². The van der Waals surface area contributed by atoms with E-state index in [1.165, 1.54) is 17.3 Å². The summed E-state index contributed by atoms with van der Waals surface area (Å²) >= 11 is 1.68. The van der Waals surface area contributed by atoms with Crippen LogP contribution in [0.3, 0.4) is 0 Å². The summed E-state index contributed by atoms with van der Waals surface area (Å²) in [6.45, 7) is 2.23. The molecule has 1 aromatic carbocycles. The van der Waals surface area contributed by atoms with Crippen LogP contribution in [0.2, 0.25) is 4.44 Å². The second-order valence-electron chi connectivity index (χ2n) is 2.77. The van der Waals surface area contributed by atoms with E-state index in [1.54, 1.807) is 52.9 Å². The molecule has 0 aliphatic rings. The number of aromatic carboxylic acids is 1. The van der Waals surface area contributed by atoms with Crippen molar-refractivity contribution in [1.29, 1.82) is 0 Å². The molecule has 0 aromatic heterocycles. The maximum absolute atomic E-state index is 10.2. The Kier molecular flexibility index (Phi) is 8.73. The predicted molar refractivity (Wildman–Crippen MR) is 58.9 cm³/mol. The van der Waals surface area contributed by atoms with Gasteiger partial charge in [-0.15, -0.1) is 0 Å². The van der Waals surface area contributed by atoms with E-state index in [1.807, 2.05) is 0 Å². The van der Waals surface area contributed by atoms with E-state index in [0.717, 1.165) is 0 Å². The minimum Gasteiger partial charge on any atom is -0.478 e. The van der Waals surface area contributed by atoms with E-state index in [2.05, 4.69) is 6.92 Å². The van der Waals surface area contributed by atoms with Crippen LogP contribution >= 0.6 is 0 Å². The van der Waals surface area contributed by atoms with Crippen molar-refractivity contribution < 1.29 is 9.90 Å². The summed E-state index contributed by atoms with van der Waals surface area (Å²) < 4.78 is 1.43. The van der Waals surface area contributed by atoms with Crippen LogP contribution in [-0.2, 0) is 0 Å². The minimum atomic E-state index is -0.879. The van der Waals surface area contributed by atoms with Crippen LogP contribution in [0.1, 0.15) is 30.1 Å². The number of carbonyl (C=O) groups is 1. The molecule has 0 saturated heterocycles. The summed E-state index contributed by atoms with van der Waals surface area (Å²) in [4.78, 5) is 10.2. The van der Waals surface area contributed by atoms with Gasteiger partial charge in [-0.2, -0.15) is 0 Å². The van der Waals surface area contributed by atoms with Crippen molar-refractivity contribution in [3.05, 3.63) is 35.9 Å². The standard InChI is InChI=1S/C7H6O2.C4H9.Sn/c8-7(9)6-4-2-1-3-5-6;1-3-4-2;/h1-5H,(H,8,9);1,3-4H2,2H3;. The van der Waals surface area contributed by atoms with Gasteiger partial charge in [0.15, 0.2) is 0 Å². The molecule has 1 N–H and O–H groups in total. The van der Waals surface area contributed by atoms with Gasteiger partial charge in [-0.05, 0) is 12.1 Å². The molecule has 0 amide bonds. The molecule has 0 heterocycles. The second kappa shape index (κ2) is 9.06. The Morgan fingerprint density at radius 2 is 1.93 bits per heavy atom. The average molecular weight is 298 g/mol. The first-order chi connectivity index (χ1) is 6.72. The Hall–Kier alpha value is -0.511. The van der Waals surface area contributed by atoms with E-state index in [-0.39, 0.29) is 0 Å². The summed E-state index contributed by atoms with van der Waals surface area (Å²) in [6, 6.07) is 8.30.